The number of nitrogen functional groups attached to an aromatic ring is 1. The maximum Gasteiger partial charge on any atom is 0.263 e. The van der Waals surface area contributed by atoms with Gasteiger partial charge in [-0.2, -0.15) is 0 Å². The van der Waals surface area contributed by atoms with Gasteiger partial charge in [-0.15, -0.1) is 11.8 Å². The average Bonchev–Trinajstić information content (AvgIpc) is 2.40. The van der Waals surface area contributed by atoms with Crippen LogP contribution in [0, 0.1) is 0 Å². The number of rotatable bonds is 5. The van der Waals surface area contributed by atoms with Gasteiger partial charge in [-0.05, 0) is 52.0 Å². The van der Waals surface area contributed by atoms with E-state index < -0.39 is 10.0 Å². The molecule has 0 saturated heterocycles. The molecule has 4 nitrogen and oxygen atoms in total. The molecule has 2 aromatic rings. The van der Waals surface area contributed by atoms with Gasteiger partial charge in [0.25, 0.3) is 10.0 Å². The first-order valence-corrected chi connectivity index (χ1v) is 9.50. The van der Waals surface area contributed by atoms with Gasteiger partial charge in [0.2, 0.25) is 0 Å². The smallest absolute Gasteiger partial charge is 0.263 e. The second-order valence-corrected chi connectivity index (χ2v) is 8.04. The Kier molecular flexibility index (Phi) is 5.18. The van der Waals surface area contributed by atoms with E-state index in [1.165, 1.54) is 6.07 Å². The van der Waals surface area contributed by atoms with Gasteiger partial charge in [0.05, 0.1) is 5.69 Å². The minimum atomic E-state index is -3.67. The number of anilines is 2. The number of benzene rings is 2. The van der Waals surface area contributed by atoms with E-state index in [1.54, 1.807) is 36.0 Å². The predicted molar refractivity (Wildman–Crippen MR) is 92.2 cm³/mol. The molecule has 2 aromatic carbocycles. The van der Waals surface area contributed by atoms with Crippen LogP contribution in [0.3, 0.4) is 0 Å². The third-order valence-corrected chi connectivity index (χ3v) is 5.97. The second-order valence-electron chi connectivity index (χ2n) is 4.22. The molecule has 3 N–H and O–H groups in total. The summed E-state index contributed by atoms with van der Waals surface area (Å²) in [5.41, 5.74) is 6.72. The van der Waals surface area contributed by atoms with Gasteiger partial charge in [-0.1, -0.05) is 19.1 Å². The summed E-state index contributed by atoms with van der Waals surface area (Å²) in [4.78, 5) is 1.06. The summed E-state index contributed by atoms with van der Waals surface area (Å²) in [6.07, 6.45) is 0. The Morgan fingerprint density at radius 1 is 1.24 bits per heavy atom. The van der Waals surface area contributed by atoms with E-state index >= 15 is 0 Å². The zero-order chi connectivity index (χ0) is 15.5. The molecule has 0 atom stereocenters. The number of nitrogens with two attached hydrogens (primary N) is 1. The first-order chi connectivity index (χ1) is 9.94. The van der Waals surface area contributed by atoms with Crippen molar-refractivity contribution in [3.8, 4) is 0 Å². The monoisotopic (exact) mass is 386 g/mol. The summed E-state index contributed by atoms with van der Waals surface area (Å²) in [6, 6.07) is 11.9. The van der Waals surface area contributed by atoms with Gasteiger partial charge in [-0.25, -0.2) is 8.42 Å². The molecule has 21 heavy (non-hydrogen) atoms. The van der Waals surface area contributed by atoms with Crippen molar-refractivity contribution in [2.24, 2.45) is 0 Å². The molecule has 0 heterocycles. The van der Waals surface area contributed by atoms with Crippen molar-refractivity contribution in [3.63, 3.8) is 0 Å². The summed E-state index contributed by atoms with van der Waals surface area (Å²) in [5.74, 6) is 0.865. The van der Waals surface area contributed by atoms with Crippen LogP contribution in [0.1, 0.15) is 6.92 Å². The molecule has 0 aromatic heterocycles. The summed E-state index contributed by atoms with van der Waals surface area (Å²) in [7, 11) is -3.67. The van der Waals surface area contributed by atoms with Crippen LogP contribution in [0.4, 0.5) is 11.4 Å². The van der Waals surface area contributed by atoms with Gasteiger partial charge >= 0.3 is 0 Å². The van der Waals surface area contributed by atoms with Crippen molar-refractivity contribution in [2.45, 2.75) is 16.7 Å². The predicted octanol–water partition coefficient (Wildman–Crippen LogP) is 3.94. The van der Waals surface area contributed by atoms with Crippen LogP contribution in [-0.4, -0.2) is 14.2 Å². The molecule has 0 unspecified atom stereocenters. The summed E-state index contributed by atoms with van der Waals surface area (Å²) >= 11 is 4.83. The Balaban J connectivity index is 2.38. The Morgan fingerprint density at radius 3 is 2.62 bits per heavy atom. The fourth-order valence-electron chi connectivity index (χ4n) is 1.77. The minimum absolute atomic E-state index is 0.160. The van der Waals surface area contributed by atoms with E-state index in [-0.39, 0.29) is 4.90 Å². The topological polar surface area (TPSA) is 72.2 Å². The molecular formula is C14H15BrN2O2S2. The lowest BCUT2D eigenvalue weighted by Crippen LogP contribution is -2.14. The Labute approximate surface area is 137 Å². The molecule has 0 aliphatic rings. The maximum atomic E-state index is 12.5. The van der Waals surface area contributed by atoms with Gasteiger partial charge in [0.15, 0.2) is 0 Å². The third kappa shape index (κ3) is 3.93. The zero-order valence-corrected chi connectivity index (χ0v) is 14.6. The first kappa shape index (κ1) is 16.2. The Bertz CT molecular complexity index is 748. The number of hydrogen-bond acceptors (Lipinski definition) is 4. The van der Waals surface area contributed by atoms with Crippen LogP contribution in [0.2, 0.25) is 0 Å². The number of thioether (sulfide) groups is 1. The quantitative estimate of drug-likeness (QED) is 0.602. The van der Waals surface area contributed by atoms with Crippen LogP contribution >= 0.6 is 27.7 Å². The van der Waals surface area contributed by atoms with Gasteiger partial charge in [-0.3, -0.25) is 4.72 Å². The Hall–Kier alpha value is -1.18. The van der Waals surface area contributed by atoms with E-state index in [1.807, 2.05) is 19.1 Å². The van der Waals surface area contributed by atoms with Crippen molar-refractivity contribution in [3.05, 3.63) is 46.9 Å². The maximum absolute atomic E-state index is 12.5. The summed E-state index contributed by atoms with van der Waals surface area (Å²) in [6.45, 7) is 2.02. The van der Waals surface area contributed by atoms with Crippen molar-refractivity contribution < 1.29 is 8.42 Å². The van der Waals surface area contributed by atoms with Gasteiger partial charge < -0.3 is 5.73 Å². The van der Waals surface area contributed by atoms with Gasteiger partial charge in [0, 0.05) is 15.1 Å². The SMILES string of the molecule is CCSc1ccccc1NS(=O)(=O)c1ccc(N)cc1Br. The van der Waals surface area contributed by atoms with Crippen LogP contribution in [0.15, 0.2) is 56.7 Å². The normalized spacial score (nSPS) is 11.3. The average molecular weight is 387 g/mol. The number of nitrogens with one attached hydrogen (secondary N) is 1. The molecule has 0 aliphatic carbocycles. The Morgan fingerprint density at radius 2 is 1.95 bits per heavy atom. The van der Waals surface area contributed by atoms with Gasteiger partial charge in [0.1, 0.15) is 4.90 Å². The van der Waals surface area contributed by atoms with E-state index in [2.05, 4.69) is 20.7 Å². The van der Waals surface area contributed by atoms with E-state index in [9.17, 15) is 8.42 Å². The first-order valence-electron chi connectivity index (χ1n) is 6.23. The van der Waals surface area contributed by atoms with Crippen molar-refractivity contribution in [1.29, 1.82) is 0 Å². The zero-order valence-electron chi connectivity index (χ0n) is 11.3. The highest BCUT2D eigenvalue weighted by Gasteiger charge is 2.19. The lowest BCUT2D eigenvalue weighted by atomic mass is 10.3. The van der Waals surface area contributed by atoms with Crippen molar-refractivity contribution in [1.82, 2.24) is 0 Å². The fourth-order valence-corrected chi connectivity index (χ4v) is 4.77. The number of para-hydroxylation sites is 1. The highest BCUT2D eigenvalue weighted by molar-refractivity contribution is 9.10. The summed E-state index contributed by atoms with van der Waals surface area (Å²) in [5, 5.41) is 0. The van der Waals surface area contributed by atoms with E-state index in [0.29, 0.717) is 15.8 Å². The van der Waals surface area contributed by atoms with Crippen molar-refractivity contribution >= 4 is 49.1 Å². The molecule has 0 bridgehead atoms. The number of sulfonamides is 1. The molecule has 0 fully saturated rings. The second kappa shape index (κ2) is 6.72. The van der Waals surface area contributed by atoms with Crippen LogP contribution in [-0.2, 0) is 10.0 Å². The molecular weight excluding hydrogens is 372 g/mol. The third-order valence-electron chi connectivity index (χ3n) is 2.68. The molecule has 0 aliphatic heterocycles. The minimum Gasteiger partial charge on any atom is -0.399 e. The standard InChI is InChI=1S/C14H15BrN2O2S2/c1-2-20-13-6-4-3-5-12(13)17-21(18,19)14-8-7-10(16)9-11(14)15/h3-9,17H,2,16H2,1H3. The molecule has 0 radical (unpaired) electrons. The van der Waals surface area contributed by atoms with E-state index in [4.69, 9.17) is 5.73 Å². The molecule has 2 rings (SSSR count). The van der Waals surface area contributed by atoms with Crippen LogP contribution in [0.5, 0.6) is 0 Å². The largest absolute Gasteiger partial charge is 0.399 e. The highest BCUT2D eigenvalue weighted by atomic mass is 79.9. The van der Waals surface area contributed by atoms with Crippen LogP contribution < -0.4 is 10.5 Å². The molecule has 0 spiro atoms. The number of halogens is 1. The molecule has 7 heteroatoms. The lowest BCUT2D eigenvalue weighted by Gasteiger charge is -2.13. The van der Waals surface area contributed by atoms with Crippen molar-refractivity contribution in [2.75, 3.05) is 16.2 Å². The molecule has 112 valence electrons. The summed E-state index contributed by atoms with van der Waals surface area (Å²) < 4.78 is 28.1. The lowest BCUT2D eigenvalue weighted by molar-refractivity contribution is 0.600. The highest BCUT2D eigenvalue weighted by Crippen LogP contribution is 2.31. The molecule has 0 saturated carbocycles. The van der Waals surface area contributed by atoms with E-state index in [0.717, 1.165) is 10.6 Å². The molecule has 0 amide bonds. The van der Waals surface area contributed by atoms with Crippen LogP contribution in [0.25, 0.3) is 0 Å². The fraction of sp³-hybridized carbons (Fsp3) is 0.143. The number of hydrogen-bond donors (Lipinski definition) is 2.